The lowest BCUT2D eigenvalue weighted by atomic mass is 10.2. The van der Waals surface area contributed by atoms with E-state index < -0.39 is 0 Å². The number of hydrogen-bond donors (Lipinski definition) is 3. The number of piperidine rings is 1. The Labute approximate surface area is 108 Å². The molecule has 1 aliphatic heterocycles. The van der Waals surface area contributed by atoms with Gasteiger partial charge in [0.25, 0.3) is 0 Å². The molecule has 0 saturated carbocycles. The van der Waals surface area contributed by atoms with E-state index >= 15 is 0 Å². The van der Waals surface area contributed by atoms with Gasteiger partial charge in [0.15, 0.2) is 0 Å². The maximum absolute atomic E-state index is 5.72. The summed E-state index contributed by atoms with van der Waals surface area (Å²) in [5.74, 6) is 1.85. The molecule has 0 aromatic carbocycles. The van der Waals surface area contributed by atoms with Gasteiger partial charge in [-0.25, -0.2) is 5.01 Å². The molecule has 18 heavy (non-hydrogen) atoms. The quantitative estimate of drug-likeness (QED) is 0.738. The van der Waals surface area contributed by atoms with Crippen molar-refractivity contribution in [3.8, 4) is 0 Å². The number of nitrogen functional groups attached to an aromatic ring is 1. The van der Waals surface area contributed by atoms with E-state index in [9.17, 15) is 0 Å². The zero-order valence-corrected chi connectivity index (χ0v) is 10.9. The smallest absolute Gasteiger partial charge is 0.223 e. The summed E-state index contributed by atoms with van der Waals surface area (Å²) < 4.78 is 0. The first-order valence-corrected chi connectivity index (χ1v) is 6.68. The number of nitrogens with two attached hydrogens (primary N) is 1. The first-order valence-electron chi connectivity index (χ1n) is 6.68. The van der Waals surface area contributed by atoms with E-state index in [4.69, 9.17) is 5.73 Å². The summed E-state index contributed by atoms with van der Waals surface area (Å²) in [6, 6.07) is 1.90. The molecule has 0 atom stereocenters. The summed E-state index contributed by atoms with van der Waals surface area (Å²) in [5, 5.41) is 5.41. The molecule has 6 nitrogen and oxygen atoms in total. The third-order valence-electron chi connectivity index (χ3n) is 2.93. The highest BCUT2D eigenvalue weighted by Crippen LogP contribution is 2.15. The predicted molar refractivity (Wildman–Crippen MR) is 74.3 cm³/mol. The highest BCUT2D eigenvalue weighted by molar-refractivity contribution is 5.50. The Bertz CT molecular complexity index is 375. The summed E-state index contributed by atoms with van der Waals surface area (Å²) in [7, 11) is 0. The summed E-state index contributed by atoms with van der Waals surface area (Å²) in [6.45, 7) is 5.12. The van der Waals surface area contributed by atoms with Crippen LogP contribution in [0.2, 0.25) is 0 Å². The molecule has 4 N–H and O–H groups in total. The Kier molecular flexibility index (Phi) is 4.58. The molecule has 0 bridgehead atoms. The van der Waals surface area contributed by atoms with Crippen LogP contribution in [-0.2, 0) is 0 Å². The van der Waals surface area contributed by atoms with Gasteiger partial charge in [0.05, 0.1) is 0 Å². The van der Waals surface area contributed by atoms with Crippen LogP contribution < -0.4 is 16.5 Å². The lowest BCUT2D eigenvalue weighted by Crippen LogP contribution is -2.35. The highest BCUT2D eigenvalue weighted by Gasteiger charge is 2.11. The molecule has 1 saturated heterocycles. The van der Waals surface area contributed by atoms with Crippen LogP contribution in [0.4, 0.5) is 17.6 Å². The van der Waals surface area contributed by atoms with Gasteiger partial charge < -0.3 is 16.5 Å². The van der Waals surface area contributed by atoms with Crippen LogP contribution in [0.15, 0.2) is 6.07 Å². The third-order valence-corrected chi connectivity index (χ3v) is 2.93. The van der Waals surface area contributed by atoms with Gasteiger partial charge in [-0.3, -0.25) is 0 Å². The van der Waals surface area contributed by atoms with Gasteiger partial charge >= 0.3 is 0 Å². The van der Waals surface area contributed by atoms with Gasteiger partial charge in [-0.05, 0) is 19.3 Å². The Morgan fingerprint density at radius 2 is 1.94 bits per heavy atom. The SMILES string of the molecule is CCCNc1cc(NN2CCCCC2)nc(N)n1. The highest BCUT2D eigenvalue weighted by atomic mass is 15.5. The normalized spacial score (nSPS) is 16.5. The number of anilines is 3. The maximum Gasteiger partial charge on any atom is 0.223 e. The maximum atomic E-state index is 5.72. The Balaban J connectivity index is 1.99. The average Bonchev–Trinajstić information content (AvgIpc) is 2.37. The van der Waals surface area contributed by atoms with Crippen molar-refractivity contribution in [2.45, 2.75) is 32.6 Å². The number of hydrogen-bond acceptors (Lipinski definition) is 6. The molecule has 0 aliphatic carbocycles. The fourth-order valence-electron chi connectivity index (χ4n) is 2.03. The summed E-state index contributed by atoms with van der Waals surface area (Å²) in [4.78, 5) is 8.37. The largest absolute Gasteiger partial charge is 0.370 e. The predicted octanol–water partition coefficient (Wildman–Crippen LogP) is 1.69. The second-order valence-corrected chi connectivity index (χ2v) is 4.58. The second-order valence-electron chi connectivity index (χ2n) is 4.58. The topological polar surface area (TPSA) is 79.1 Å². The zero-order chi connectivity index (χ0) is 12.8. The van der Waals surface area contributed by atoms with Crippen LogP contribution in [0.3, 0.4) is 0 Å². The van der Waals surface area contributed by atoms with Crippen LogP contribution in [0.5, 0.6) is 0 Å². The van der Waals surface area contributed by atoms with E-state index in [-0.39, 0.29) is 0 Å². The lowest BCUT2D eigenvalue weighted by Gasteiger charge is -2.27. The molecule has 1 aromatic rings. The van der Waals surface area contributed by atoms with Crippen molar-refractivity contribution in [3.05, 3.63) is 6.07 Å². The van der Waals surface area contributed by atoms with Crippen molar-refractivity contribution in [1.29, 1.82) is 0 Å². The molecule has 2 rings (SSSR count). The third kappa shape index (κ3) is 3.73. The Morgan fingerprint density at radius 3 is 2.67 bits per heavy atom. The second kappa shape index (κ2) is 6.39. The fraction of sp³-hybridized carbons (Fsp3) is 0.667. The standard InChI is InChI=1S/C12H22N6/c1-2-6-14-10-9-11(16-12(13)15-10)17-18-7-4-3-5-8-18/h9H,2-8H2,1H3,(H4,13,14,15,16,17). The number of rotatable bonds is 5. The molecule has 0 spiro atoms. The van der Waals surface area contributed by atoms with Gasteiger partial charge in [-0.1, -0.05) is 13.3 Å². The van der Waals surface area contributed by atoms with E-state index in [0.717, 1.165) is 37.7 Å². The Morgan fingerprint density at radius 1 is 1.22 bits per heavy atom. The van der Waals surface area contributed by atoms with E-state index in [1.54, 1.807) is 0 Å². The van der Waals surface area contributed by atoms with Gasteiger partial charge in [-0.2, -0.15) is 9.97 Å². The van der Waals surface area contributed by atoms with Gasteiger partial charge in [0.2, 0.25) is 5.95 Å². The van der Waals surface area contributed by atoms with Gasteiger partial charge in [-0.15, -0.1) is 0 Å². The molecule has 0 radical (unpaired) electrons. The van der Waals surface area contributed by atoms with Gasteiger partial charge in [0.1, 0.15) is 11.6 Å². The van der Waals surface area contributed by atoms with E-state index in [2.05, 4.69) is 32.6 Å². The van der Waals surface area contributed by atoms with Crippen molar-refractivity contribution < 1.29 is 0 Å². The van der Waals surface area contributed by atoms with Crippen LogP contribution in [-0.4, -0.2) is 34.6 Å². The van der Waals surface area contributed by atoms with Crippen molar-refractivity contribution in [1.82, 2.24) is 15.0 Å². The van der Waals surface area contributed by atoms with E-state index in [0.29, 0.717) is 5.95 Å². The molecule has 6 heteroatoms. The Hall–Kier alpha value is -1.56. The zero-order valence-electron chi connectivity index (χ0n) is 10.9. The summed E-state index contributed by atoms with van der Waals surface area (Å²) in [6.07, 6.45) is 4.83. The van der Waals surface area contributed by atoms with E-state index in [1.165, 1.54) is 19.3 Å². The van der Waals surface area contributed by atoms with E-state index in [1.807, 2.05) is 6.07 Å². The van der Waals surface area contributed by atoms with Crippen molar-refractivity contribution in [3.63, 3.8) is 0 Å². The average molecular weight is 250 g/mol. The first kappa shape index (κ1) is 12.9. The number of hydrazine groups is 1. The number of aromatic nitrogens is 2. The van der Waals surface area contributed by atoms with Gasteiger partial charge in [0, 0.05) is 25.7 Å². The molecule has 0 unspecified atom stereocenters. The molecule has 1 fully saturated rings. The lowest BCUT2D eigenvalue weighted by molar-refractivity contribution is 0.272. The van der Waals surface area contributed by atoms with Crippen molar-refractivity contribution in [2.24, 2.45) is 0 Å². The van der Waals surface area contributed by atoms with Crippen LogP contribution in [0.1, 0.15) is 32.6 Å². The minimum atomic E-state index is 0.301. The monoisotopic (exact) mass is 250 g/mol. The minimum Gasteiger partial charge on any atom is -0.370 e. The van der Waals surface area contributed by atoms with Crippen LogP contribution in [0, 0.1) is 0 Å². The molecule has 0 amide bonds. The molecule has 1 aliphatic rings. The fourth-order valence-corrected chi connectivity index (χ4v) is 2.03. The van der Waals surface area contributed by atoms with Crippen molar-refractivity contribution >= 4 is 17.6 Å². The summed E-state index contributed by atoms with van der Waals surface area (Å²) >= 11 is 0. The molecule has 2 heterocycles. The molecular formula is C12H22N6. The summed E-state index contributed by atoms with van der Waals surface area (Å²) in [5.41, 5.74) is 9.02. The molecule has 1 aromatic heterocycles. The first-order chi connectivity index (χ1) is 8.78. The minimum absolute atomic E-state index is 0.301. The molecular weight excluding hydrogens is 228 g/mol. The van der Waals surface area contributed by atoms with Crippen LogP contribution in [0.25, 0.3) is 0 Å². The number of nitrogens with zero attached hydrogens (tertiary/aromatic N) is 3. The molecule has 100 valence electrons. The van der Waals surface area contributed by atoms with Crippen LogP contribution >= 0.6 is 0 Å². The van der Waals surface area contributed by atoms with Crippen molar-refractivity contribution in [2.75, 3.05) is 36.1 Å². The number of nitrogens with one attached hydrogen (secondary N) is 2.